The molecule has 0 radical (unpaired) electrons. The van der Waals surface area contributed by atoms with Crippen molar-refractivity contribution in [2.75, 3.05) is 0 Å². The van der Waals surface area contributed by atoms with Crippen molar-refractivity contribution in [1.82, 2.24) is 0 Å². The summed E-state index contributed by atoms with van der Waals surface area (Å²) in [4.78, 5) is 1.26. The molecule has 0 spiro atoms. The van der Waals surface area contributed by atoms with Gasteiger partial charge in [0, 0.05) is 5.25 Å². The minimum Gasteiger partial charge on any atom is -0.660 e. The summed E-state index contributed by atoms with van der Waals surface area (Å²) in [5, 5.41) is 5.35. The molecule has 0 fully saturated rings. The van der Waals surface area contributed by atoms with E-state index in [4.69, 9.17) is 5.32 Å². The molecule has 1 unspecified atom stereocenters. The van der Waals surface area contributed by atoms with E-state index in [2.05, 4.69) is 78.9 Å². The van der Waals surface area contributed by atoms with Gasteiger partial charge in [0.1, 0.15) is 0 Å². The molecule has 3 aromatic rings. The minimum absolute atomic E-state index is 0. The molecule has 5 rings (SSSR count). The molecular weight excluding hydrogens is 402 g/mol. The van der Waals surface area contributed by atoms with Crippen molar-refractivity contribution in [3.8, 4) is 0 Å². The quantitative estimate of drug-likeness (QED) is 0.289. The van der Waals surface area contributed by atoms with Crippen LogP contribution in [0.1, 0.15) is 17.2 Å². The molecule has 0 bridgehead atoms. The largest absolute Gasteiger partial charge is 2.00 e. The van der Waals surface area contributed by atoms with Gasteiger partial charge in [-0.3, -0.25) is 0 Å². The maximum Gasteiger partial charge on any atom is 2.00 e. The summed E-state index contributed by atoms with van der Waals surface area (Å²) in [6.45, 7) is 0. The maximum atomic E-state index is 4.95. The molecule has 0 saturated carbocycles. The van der Waals surface area contributed by atoms with Gasteiger partial charge in [0.15, 0.2) is 0 Å². The molecule has 0 aromatic heterocycles. The van der Waals surface area contributed by atoms with Gasteiger partial charge in [-0.25, -0.2) is 12.1 Å². The normalized spacial score (nSPS) is 16.9. The van der Waals surface area contributed by atoms with Crippen molar-refractivity contribution in [2.45, 2.75) is 16.6 Å². The Bertz CT molecular complexity index is 924. The summed E-state index contributed by atoms with van der Waals surface area (Å²) in [6, 6.07) is 29.2. The predicted molar refractivity (Wildman–Crippen MR) is 116 cm³/mol. The topological polar surface area (TPSA) is 14.1 Å². The first-order chi connectivity index (χ1) is 13.4. The molecule has 1 nitrogen and oxygen atoms in total. The van der Waals surface area contributed by atoms with Crippen LogP contribution < -0.4 is 0 Å². The zero-order chi connectivity index (χ0) is 18.3. The summed E-state index contributed by atoms with van der Waals surface area (Å²) in [7, 11) is 0. The Morgan fingerprint density at radius 2 is 1.50 bits per heavy atom. The van der Waals surface area contributed by atoms with Crippen LogP contribution in [-0.2, 0) is 17.1 Å². The first-order valence-electron chi connectivity index (χ1n) is 9.17. The van der Waals surface area contributed by atoms with Crippen LogP contribution in [0, 0.1) is 0 Å². The van der Waals surface area contributed by atoms with Crippen LogP contribution in [-0.4, -0.2) is 0 Å². The number of rotatable bonds is 1. The molecule has 140 valence electrons. The third-order valence-corrected chi connectivity index (χ3v) is 5.81. The van der Waals surface area contributed by atoms with Crippen molar-refractivity contribution < 1.29 is 17.1 Å². The molecule has 2 aliphatic rings. The summed E-state index contributed by atoms with van der Waals surface area (Å²) in [6.07, 6.45) is 9.42. The maximum absolute atomic E-state index is 4.95. The van der Waals surface area contributed by atoms with Crippen molar-refractivity contribution in [2.24, 2.45) is 0 Å². The minimum atomic E-state index is 0. The van der Waals surface area contributed by atoms with Gasteiger partial charge < -0.3 is 5.32 Å². The number of nitrogens with zero attached hydrogens (tertiary/aromatic N) is 1. The standard InChI is InChI=1S/C20H16NS.C5H5.Fe/c1-2-10-16(11-3-1)20-14-18(15-8-4-5-9-15)21-17-12-6-7-13-19(17)22-20;1-2-4-5-3-1;/h1-13,20H,14H2;1-5H;/q2*-1;+2. The third-order valence-electron chi connectivity index (χ3n) is 4.49. The SMILES string of the molecule is C1=CC(=C2CC(c3ccccc3)Sc3ccccc3[N-]2)C=C1.[Fe+2].c1cc[cH-]c1. The summed E-state index contributed by atoms with van der Waals surface area (Å²) < 4.78 is 0. The zero-order valence-electron chi connectivity index (χ0n) is 15.4. The number of fused-ring (bicyclic) bond motifs is 1. The smallest absolute Gasteiger partial charge is 0.660 e. The van der Waals surface area contributed by atoms with Crippen LogP contribution in [0.3, 0.4) is 0 Å². The number of thioether (sulfide) groups is 1. The second-order valence-corrected chi connectivity index (χ2v) is 7.63. The van der Waals surface area contributed by atoms with Gasteiger partial charge in [0.05, 0.1) is 0 Å². The van der Waals surface area contributed by atoms with Crippen LogP contribution in [0.15, 0.2) is 125 Å². The predicted octanol–water partition coefficient (Wildman–Crippen LogP) is 7.71. The van der Waals surface area contributed by atoms with E-state index < -0.39 is 0 Å². The summed E-state index contributed by atoms with van der Waals surface area (Å²) in [5.41, 5.74) is 4.86. The number of hydrogen-bond donors (Lipinski definition) is 0. The number of hydrogen-bond acceptors (Lipinski definition) is 1. The summed E-state index contributed by atoms with van der Waals surface area (Å²) >= 11 is 1.92. The van der Waals surface area contributed by atoms with Crippen LogP contribution in [0.2, 0.25) is 0 Å². The van der Waals surface area contributed by atoms with Crippen LogP contribution >= 0.6 is 11.8 Å². The molecule has 1 aliphatic heterocycles. The Kier molecular flexibility index (Phi) is 7.50. The molecular formula is C25H21FeNS. The Morgan fingerprint density at radius 3 is 2.18 bits per heavy atom. The van der Waals surface area contributed by atoms with E-state index in [1.54, 1.807) is 0 Å². The Hall–Kier alpha value is -2.32. The van der Waals surface area contributed by atoms with E-state index in [0.717, 1.165) is 12.1 Å². The fourth-order valence-electron chi connectivity index (χ4n) is 3.13. The molecule has 1 atom stereocenters. The van der Waals surface area contributed by atoms with Crippen LogP contribution in [0.5, 0.6) is 0 Å². The van der Waals surface area contributed by atoms with Crippen molar-refractivity contribution in [3.63, 3.8) is 0 Å². The average Bonchev–Trinajstić information content (AvgIpc) is 3.43. The van der Waals surface area contributed by atoms with Crippen molar-refractivity contribution in [3.05, 3.63) is 131 Å². The number of allylic oxidation sites excluding steroid dienone is 6. The van der Waals surface area contributed by atoms with E-state index in [-0.39, 0.29) is 17.1 Å². The number of para-hydroxylation sites is 1. The Balaban J connectivity index is 0.000000329. The van der Waals surface area contributed by atoms with Crippen molar-refractivity contribution >= 4 is 17.4 Å². The summed E-state index contributed by atoms with van der Waals surface area (Å²) in [5.74, 6) is 0. The van der Waals surface area contributed by atoms with Gasteiger partial charge in [-0.1, -0.05) is 72.8 Å². The van der Waals surface area contributed by atoms with Gasteiger partial charge in [0.2, 0.25) is 0 Å². The van der Waals surface area contributed by atoms with E-state index in [1.807, 2.05) is 42.1 Å². The molecule has 1 heterocycles. The van der Waals surface area contributed by atoms with E-state index in [9.17, 15) is 0 Å². The zero-order valence-corrected chi connectivity index (χ0v) is 17.3. The van der Waals surface area contributed by atoms with Crippen LogP contribution in [0.25, 0.3) is 5.32 Å². The molecule has 3 heteroatoms. The monoisotopic (exact) mass is 423 g/mol. The van der Waals surface area contributed by atoms with Gasteiger partial charge in [-0.15, -0.1) is 17.4 Å². The van der Waals surface area contributed by atoms with Gasteiger partial charge >= 0.3 is 17.1 Å². The van der Waals surface area contributed by atoms with Crippen LogP contribution in [0.4, 0.5) is 5.69 Å². The molecule has 0 saturated heterocycles. The third kappa shape index (κ3) is 5.14. The van der Waals surface area contributed by atoms with E-state index >= 15 is 0 Å². The van der Waals surface area contributed by atoms with Gasteiger partial charge in [-0.2, -0.15) is 23.9 Å². The molecule has 0 amide bonds. The molecule has 0 N–H and O–H groups in total. The average molecular weight is 423 g/mol. The second kappa shape index (κ2) is 10.3. The van der Waals surface area contributed by atoms with Gasteiger partial charge in [-0.05, 0) is 28.5 Å². The van der Waals surface area contributed by atoms with Crippen molar-refractivity contribution in [1.29, 1.82) is 0 Å². The first kappa shape index (κ1) is 20.4. The number of benzene rings is 2. The molecule has 3 aromatic carbocycles. The second-order valence-electron chi connectivity index (χ2n) is 6.38. The first-order valence-corrected chi connectivity index (χ1v) is 10.0. The fourth-order valence-corrected chi connectivity index (χ4v) is 4.37. The fraction of sp³-hybridized carbons (Fsp3) is 0.0800. The Morgan fingerprint density at radius 1 is 0.821 bits per heavy atom. The van der Waals surface area contributed by atoms with E-state index in [1.165, 1.54) is 21.7 Å². The molecule has 28 heavy (non-hydrogen) atoms. The molecule has 1 aliphatic carbocycles. The van der Waals surface area contributed by atoms with E-state index in [0.29, 0.717) is 5.25 Å². The Labute approximate surface area is 182 Å². The van der Waals surface area contributed by atoms with Gasteiger partial charge in [0.25, 0.3) is 0 Å².